The Morgan fingerprint density at radius 1 is 1.10 bits per heavy atom. The van der Waals surface area contributed by atoms with Crippen molar-refractivity contribution in [3.8, 4) is 0 Å². The van der Waals surface area contributed by atoms with Crippen LogP contribution in [0.3, 0.4) is 0 Å². The number of rotatable bonds is 5. The van der Waals surface area contributed by atoms with Gasteiger partial charge in [-0.2, -0.15) is 0 Å². The summed E-state index contributed by atoms with van der Waals surface area (Å²) in [5.74, 6) is 0.595. The Balaban J connectivity index is 1.84. The van der Waals surface area contributed by atoms with Gasteiger partial charge in [-0.05, 0) is 48.6 Å². The Labute approximate surface area is 136 Å². The molecule has 0 aliphatic heterocycles. The number of halogens is 2. The molecule has 0 aromatic heterocycles. The molecular weight excluding hydrogens is 301 g/mol. The van der Waals surface area contributed by atoms with Gasteiger partial charge in [0.25, 0.3) is 0 Å². The summed E-state index contributed by atoms with van der Waals surface area (Å²) in [6.45, 7) is 3.02. The lowest BCUT2D eigenvalue weighted by Crippen LogP contribution is -2.27. The highest BCUT2D eigenvalue weighted by Gasteiger charge is 2.29. The van der Waals surface area contributed by atoms with E-state index in [0.29, 0.717) is 5.92 Å². The first kappa shape index (κ1) is 14.9. The van der Waals surface area contributed by atoms with Crippen molar-refractivity contribution in [1.29, 1.82) is 0 Å². The maximum absolute atomic E-state index is 6.38. The van der Waals surface area contributed by atoms with Gasteiger partial charge in [0.15, 0.2) is 0 Å². The van der Waals surface area contributed by atoms with Gasteiger partial charge < -0.3 is 5.32 Å². The molecule has 1 N–H and O–H groups in total. The highest BCUT2D eigenvalue weighted by molar-refractivity contribution is 6.36. The van der Waals surface area contributed by atoms with E-state index in [1.54, 1.807) is 0 Å². The van der Waals surface area contributed by atoms with Gasteiger partial charge in [-0.25, -0.2) is 0 Å². The predicted molar refractivity (Wildman–Crippen MR) is 90.4 cm³/mol. The lowest BCUT2D eigenvalue weighted by atomic mass is 9.74. The van der Waals surface area contributed by atoms with E-state index in [-0.39, 0.29) is 6.04 Å². The van der Waals surface area contributed by atoms with Crippen LogP contribution in [0.25, 0.3) is 0 Å². The molecule has 1 aliphatic rings. The van der Waals surface area contributed by atoms with E-state index in [0.717, 1.165) is 35.0 Å². The lowest BCUT2D eigenvalue weighted by Gasteiger charge is -2.34. The van der Waals surface area contributed by atoms with Crippen molar-refractivity contribution < 1.29 is 0 Å². The molecule has 0 saturated carbocycles. The normalized spacial score (nSPS) is 18.0. The average molecular weight is 320 g/mol. The molecule has 0 bridgehead atoms. The molecule has 0 spiro atoms. The Morgan fingerprint density at radius 3 is 2.48 bits per heavy atom. The number of benzene rings is 2. The first-order valence-corrected chi connectivity index (χ1v) is 8.21. The SMILES string of the molecule is CCNC(CC1Cc2ccccc21)c1c(Cl)cccc1Cl. The Hall–Kier alpha value is -1.02. The largest absolute Gasteiger partial charge is 0.310 e. The van der Waals surface area contributed by atoms with Crippen molar-refractivity contribution in [2.75, 3.05) is 6.54 Å². The van der Waals surface area contributed by atoms with Gasteiger partial charge >= 0.3 is 0 Å². The van der Waals surface area contributed by atoms with Crippen molar-refractivity contribution >= 4 is 23.2 Å². The second-order valence-corrected chi connectivity index (χ2v) is 6.40. The number of hydrogen-bond donors (Lipinski definition) is 1. The molecule has 2 aromatic rings. The zero-order valence-electron chi connectivity index (χ0n) is 12.1. The summed E-state index contributed by atoms with van der Waals surface area (Å²) >= 11 is 12.8. The molecule has 0 saturated heterocycles. The van der Waals surface area contributed by atoms with E-state index >= 15 is 0 Å². The van der Waals surface area contributed by atoms with Crippen molar-refractivity contribution in [2.24, 2.45) is 0 Å². The van der Waals surface area contributed by atoms with Gasteiger partial charge in [-0.15, -0.1) is 0 Å². The molecule has 0 amide bonds. The quantitative estimate of drug-likeness (QED) is 0.780. The summed E-state index contributed by atoms with van der Waals surface area (Å²) in [5.41, 5.74) is 3.98. The fourth-order valence-electron chi connectivity index (χ4n) is 3.25. The molecule has 2 atom stereocenters. The average Bonchev–Trinajstić information content (AvgIpc) is 2.44. The molecule has 21 heavy (non-hydrogen) atoms. The van der Waals surface area contributed by atoms with Gasteiger partial charge in [-0.1, -0.05) is 60.5 Å². The van der Waals surface area contributed by atoms with Crippen molar-refractivity contribution in [3.05, 3.63) is 69.2 Å². The molecule has 1 aliphatic carbocycles. The van der Waals surface area contributed by atoms with Crippen molar-refractivity contribution in [1.82, 2.24) is 5.32 Å². The van der Waals surface area contributed by atoms with Crippen LogP contribution in [0.5, 0.6) is 0 Å². The maximum atomic E-state index is 6.38. The minimum Gasteiger partial charge on any atom is -0.310 e. The molecule has 1 nitrogen and oxygen atoms in total. The Morgan fingerprint density at radius 2 is 1.81 bits per heavy atom. The monoisotopic (exact) mass is 319 g/mol. The summed E-state index contributed by atoms with van der Waals surface area (Å²) in [5, 5.41) is 5.04. The molecule has 2 aromatic carbocycles. The molecule has 0 fully saturated rings. The fourth-order valence-corrected chi connectivity index (χ4v) is 3.91. The van der Waals surface area contributed by atoms with Crippen LogP contribution in [-0.2, 0) is 6.42 Å². The molecule has 3 heteroatoms. The molecular formula is C18H19Cl2N. The number of hydrogen-bond acceptors (Lipinski definition) is 1. The highest BCUT2D eigenvalue weighted by Crippen LogP contribution is 2.42. The third-order valence-electron chi connectivity index (χ3n) is 4.28. The topological polar surface area (TPSA) is 12.0 Å². The van der Waals surface area contributed by atoms with Crippen molar-refractivity contribution in [3.63, 3.8) is 0 Å². The van der Waals surface area contributed by atoms with Crippen molar-refractivity contribution in [2.45, 2.75) is 31.7 Å². The zero-order chi connectivity index (χ0) is 14.8. The van der Waals surface area contributed by atoms with Gasteiger partial charge in [0.05, 0.1) is 0 Å². The maximum Gasteiger partial charge on any atom is 0.0468 e. The third-order valence-corrected chi connectivity index (χ3v) is 4.94. The van der Waals surface area contributed by atoms with E-state index in [1.165, 1.54) is 11.1 Å². The minimum atomic E-state index is 0.203. The zero-order valence-corrected chi connectivity index (χ0v) is 13.6. The molecule has 0 heterocycles. The molecule has 2 unspecified atom stereocenters. The van der Waals surface area contributed by atoms with Crippen LogP contribution in [0.15, 0.2) is 42.5 Å². The van der Waals surface area contributed by atoms with Gasteiger partial charge in [-0.3, -0.25) is 0 Å². The van der Waals surface area contributed by atoms with Crippen LogP contribution in [-0.4, -0.2) is 6.54 Å². The van der Waals surface area contributed by atoms with Crippen LogP contribution < -0.4 is 5.32 Å². The molecule has 3 rings (SSSR count). The summed E-state index contributed by atoms with van der Waals surface area (Å²) < 4.78 is 0. The van der Waals surface area contributed by atoms with E-state index in [4.69, 9.17) is 23.2 Å². The van der Waals surface area contributed by atoms with E-state index in [9.17, 15) is 0 Å². The lowest BCUT2D eigenvalue weighted by molar-refractivity contribution is 0.436. The van der Waals surface area contributed by atoms with Crippen LogP contribution in [0.2, 0.25) is 10.0 Å². The van der Waals surface area contributed by atoms with E-state index in [2.05, 4.69) is 36.5 Å². The first-order valence-electron chi connectivity index (χ1n) is 7.45. The summed E-state index contributed by atoms with van der Waals surface area (Å²) in [7, 11) is 0. The highest BCUT2D eigenvalue weighted by atomic mass is 35.5. The first-order chi connectivity index (χ1) is 10.2. The number of fused-ring (bicyclic) bond motifs is 1. The van der Waals surface area contributed by atoms with Crippen LogP contribution in [0.1, 0.15) is 42.0 Å². The van der Waals surface area contributed by atoms with E-state index in [1.807, 2.05) is 18.2 Å². The molecule has 110 valence electrons. The summed E-state index contributed by atoms with van der Waals surface area (Å²) in [6, 6.07) is 14.6. The third kappa shape index (κ3) is 2.96. The Bertz CT molecular complexity index is 619. The second kappa shape index (κ2) is 6.39. The minimum absolute atomic E-state index is 0.203. The smallest absolute Gasteiger partial charge is 0.0468 e. The molecule has 0 radical (unpaired) electrons. The van der Waals surface area contributed by atoms with Crippen LogP contribution in [0.4, 0.5) is 0 Å². The van der Waals surface area contributed by atoms with Crippen LogP contribution in [0, 0.1) is 0 Å². The predicted octanol–water partition coefficient (Wildman–Crippen LogP) is 5.37. The number of nitrogens with one attached hydrogen (secondary N) is 1. The summed E-state index contributed by atoms with van der Waals surface area (Å²) in [4.78, 5) is 0. The standard InChI is InChI=1S/C18H19Cl2N/c1-2-21-17(18-15(19)8-5-9-16(18)20)11-13-10-12-6-3-4-7-14(12)13/h3-9,13,17,21H,2,10-11H2,1H3. The Kier molecular flexibility index (Phi) is 4.54. The van der Waals surface area contributed by atoms with Gasteiger partial charge in [0, 0.05) is 21.7 Å². The van der Waals surface area contributed by atoms with Gasteiger partial charge in [0.1, 0.15) is 0 Å². The van der Waals surface area contributed by atoms with Gasteiger partial charge in [0.2, 0.25) is 0 Å². The fraction of sp³-hybridized carbons (Fsp3) is 0.333. The summed E-state index contributed by atoms with van der Waals surface area (Å²) in [6.07, 6.45) is 2.19. The van der Waals surface area contributed by atoms with E-state index < -0.39 is 0 Å². The van der Waals surface area contributed by atoms with Crippen LogP contribution >= 0.6 is 23.2 Å². The second-order valence-electron chi connectivity index (χ2n) is 5.58.